The fraction of sp³-hybridized carbons (Fsp3) is 0.333. The monoisotopic (exact) mass is 285 g/mol. The summed E-state index contributed by atoms with van der Waals surface area (Å²) in [5.41, 5.74) is 8.20. The van der Waals surface area contributed by atoms with Gasteiger partial charge in [-0.15, -0.1) is 0 Å². The van der Waals surface area contributed by atoms with Crippen LogP contribution in [0.5, 0.6) is 11.5 Å². The van der Waals surface area contributed by atoms with Crippen molar-refractivity contribution < 1.29 is 9.47 Å². The molecule has 112 valence electrons. The van der Waals surface area contributed by atoms with E-state index >= 15 is 0 Å². The molecule has 1 unspecified atom stereocenters. The Kier molecular flexibility index (Phi) is 5.64. The van der Waals surface area contributed by atoms with Crippen molar-refractivity contribution in [2.24, 2.45) is 5.73 Å². The lowest BCUT2D eigenvalue weighted by Gasteiger charge is -2.21. The molecule has 0 aliphatic carbocycles. The summed E-state index contributed by atoms with van der Waals surface area (Å²) in [7, 11) is 0. The van der Waals surface area contributed by atoms with Crippen LogP contribution in [0.25, 0.3) is 0 Å². The molecule has 0 saturated heterocycles. The number of aryl methyl sites for hydroxylation is 1. The molecule has 21 heavy (non-hydrogen) atoms. The van der Waals surface area contributed by atoms with Crippen molar-refractivity contribution in [2.45, 2.75) is 26.4 Å². The van der Waals surface area contributed by atoms with Gasteiger partial charge in [-0.2, -0.15) is 0 Å². The van der Waals surface area contributed by atoms with Gasteiger partial charge in [-0.1, -0.05) is 43.3 Å². The number of benzene rings is 2. The second kappa shape index (κ2) is 7.70. The SMILES string of the molecule is CCCOc1ccccc1OC(CN)c1ccccc1C. The van der Waals surface area contributed by atoms with Crippen LogP contribution in [0.4, 0.5) is 0 Å². The van der Waals surface area contributed by atoms with E-state index in [1.807, 2.05) is 36.4 Å². The first-order valence-corrected chi connectivity index (χ1v) is 7.40. The highest BCUT2D eigenvalue weighted by molar-refractivity contribution is 5.40. The molecular formula is C18H23NO2. The molecule has 0 aliphatic heterocycles. The molecule has 1 atom stereocenters. The Morgan fingerprint density at radius 3 is 2.33 bits per heavy atom. The third kappa shape index (κ3) is 3.99. The van der Waals surface area contributed by atoms with E-state index in [1.54, 1.807) is 0 Å². The van der Waals surface area contributed by atoms with Crippen molar-refractivity contribution in [1.29, 1.82) is 0 Å². The van der Waals surface area contributed by atoms with Gasteiger partial charge in [-0.25, -0.2) is 0 Å². The second-order valence-electron chi connectivity index (χ2n) is 4.99. The lowest BCUT2D eigenvalue weighted by atomic mass is 10.0. The summed E-state index contributed by atoms with van der Waals surface area (Å²) in [6.45, 7) is 5.26. The van der Waals surface area contributed by atoms with Gasteiger partial charge in [0.05, 0.1) is 6.61 Å². The minimum atomic E-state index is -0.169. The van der Waals surface area contributed by atoms with Crippen LogP contribution in [0, 0.1) is 6.92 Å². The van der Waals surface area contributed by atoms with Crippen molar-refractivity contribution in [1.82, 2.24) is 0 Å². The topological polar surface area (TPSA) is 44.5 Å². The van der Waals surface area contributed by atoms with Crippen molar-refractivity contribution in [3.05, 3.63) is 59.7 Å². The van der Waals surface area contributed by atoms with Crippen LogP contribution < -0.4 is 15.2 Å². The number of rotatable bonds is 7. The first kappa shape index (κ1) is 15.4. The highest BCUT2D eigenvalue weighted by Crippen LogP contribution is 2.31. The zero-order valence-electron chi connectivity index (χ0n) is 12.7. The molecule has 2 N–H and O–H groups in total. The Morgan fingerprint density at radius 2 is 1.67 bits per heavy atom. The number of nitrogens with two attached hydrogens (primary N) is 1. The summed E-state index contributed by atoms with van der Waals surface area (Å²) in [5, 5.41) is 0. The fourth-order valence-corrected chi connectivity index (χ4v) is 2.22. The average Bonchev–Trinajstić information content (AvgIpc) is 2.52. The van der Waals surface area contributed by atoms with Gasteiger partial charge in [0, 0.05) is 6.54 Å². The van der Waals surface area contributed by atoms with Gasteiger partial charge in [-0.05, 0) is 36.6 Å². The summed E-state index contributed by atoms with van der Waals surface area (Å²) < 4.78 is 11.8. The zero-order valence-corrected chi connectivity index (χ0v) is 12.7. The number of para-hydroxylation sites is 2. The van der Waals surface area contributed by atoms with Gasteiger partial charge in [0.25, 0.3) is 0 Å². The van der Waals surface area contributed by atoms with Gasteiger partial charge in [0.15, 0.2) is 11.5 Å². The Morgan fingerprint density at radius 1 is 1.00 bits per heavy atom. The van der Waals surface area contributed by atoms with E-state index < -0.39 is 0 Å². The standard InChI is InChI=1S/C18H23NO2/c1-3-12-20-16-10-6-7-11-17(16)21-18(13-19)15-9-5-4-8-14(15)2/h4-11,18H,3,12-13,19H2,1-2H3. The van der Waals surface area contributed by atoms with E-state index in [-0.39, 0.29) is 6.10 Å². The van der Waals surface area contributed by atoms with E-state index in [0.717, 1.165) is 23.5 Å². The molecule has 2 rings (SSSR count). The minimum Gasteiger partial charge on any atom is -0.490 e. The lowest BCUT2D eigenvalue weighted by Crippen LogP contribution is -2.19. The molecule has 2 aromatic carbocycles. The van der Waals surface area contributed by atoms with Crippen LogP contribution in [0.15, 0.2) is 48.5 Å². The molecule has 0 aromatic heterocycles. The van der Waals surface area contributed by atoms with E-state index in [4.69, 9.17) is 15.2 Å². The molecule has 3 nitrogen and oxygen atoms in total. The van der Waals surface area contributed by atoms with Crippen LogP contribution in [-0.4, -0.2) is 13.2 Å². The Labute approximate surface area is 126 Å². The molecule has 0 aliphatic rings. The molecule has 0 saturated carbocycles. The maximum Gasteiger partial charge on any atom is 0.162 e. The predicted octanol–water partition coefficient (Wildman–Crippen LogP) is 3.86. The summed E-state index contributed by atoms with van der Waals surface area (Å²) >= 11 is 0. The van der Waals surface area contributed by atoms with Crippen LogP contribution >= 0.6 is 0 Å². The number of hydrogen-bond donors (Lipinski definition) is 1. The van der Waals surface area contributed by atoms with Gasteiger partial charge < -0.3 is 15.2 Å². The van der Waals surface area contributed by atoms with Crippen molar-refractivity contribution >= 4 is 0 Å². The second-order valence-corrected chi connectivity index (χ2v) is 4.99. The predicted molar refractivity (Wildman–Crippen MR) is 85.8 cm³/mol. The summed E-state index contributed by atoms with van der Waals surface area (Å²) in [5.74, 6) is 1.51. The first-order valence-electron chi connectivity index (χ1n) is 7.40. The summed E-state index contributed by atoms with van der Waals surface area (Å²) in [6, 6.07) is 15.9. The largest absolute Gasteiger partial charge is 0.490 e. The Bertz CT molecular complexity index is 569. The zero-order chi connectivity index (χ0) is 15.1. The van der Waals surface area contributed by atoms with Crippen LogP contribution in [0.2, 0.25) is 0 Å². The fourth-order valence-electron chi connectivity index (χ4n) is 2.22. The summed E-state index contributed by atoms with van der Waals surface area (Å²) in [6.07, 6.45) is 0.796. The maximum absolute atomic E-state index is 6.11. The summed E-state index contributed by atoms with van der Waals surface area (Å²) in [4.78, 5) is 0. The third-order valence-electron chi connectivity index (χ3n) is 3.33. The number of hydrogen-bond acceptors (Lipinski definition) is 3. The van der Waals surface area contributed by atoms with E-state index in [2.05, 4.69) is 26.0 Å². The lowest BCUT2D eigenvalue weighted by molar-refractivity contribution is 0.198. The smallest absolute Gasteiger partial charge is 0.162 e. The van der Waals surface area contributed by atoms with E-state index in [0.29, 0.717) is 13.2 Å². The van der Waals surface area contributed by atoms with Crippen molar-refractivity contribution in [2.75, 3.05) is 13.2 Å². The van der Waals surface area contributed by atoms with E-state index in [9.17, 15) is 0 Å². The highest BCUT2D eigenvalue weighted by Gasteiger charge is 2.15. The first-order chi connectivity index (χ1) is 10.3. The van der Waals surface area contributed by atoms with Crippen LogP contribution in [0.1, 0.15) is 30.6 Å². The highest BCUT2D eigenvalue weighted by atomic mass is 16.5. The maximum atomic E-state index is 6.11. The van der Waals surface area contributed by atoms with Crippen LogP contribution in [-0.2, 0) is 0 Å². The third-order valence-corrected chi connectivity index (χ3v) is 3.33. The normalized spacial score (nSPS) is 12.0. The van der Waals surface area contributed by atoms with Gasteiger partial charge in [0.1, 0.15) is 6.10 Å². The molecule has 2 aromatic rings. The van der Waals surface area contributed by atoms with Crippen molar-refractivity contribution in [3.8, 4) is 11.5 Å². The molecule has 0 fully saturated rings. The molecule has 0 radical (unpaired) electrons. The van der Waals surface area contributed by atoms with Gasteiger partial charge >= 0.3 is 0 Å². The van der Waals surface area contributed by atoms with E-state index in [1.165, 1.54) is 5.56 Å². The molecule has 0 amide bonds. The molecule has 0 bridgehead atoms. The molecule has 0 spiro atoms. The number of ether oxygens (including phenoxy) is 2. The van der Waals surface area contributed by atoms with Gasteiger partial charge in [0.2, 0.25) is 0 Å². The minimum absolute atomic E-state index is 0.169. The molecule has 0 heterocycles. The Balaban J connectivity index is 2.21. The van der Waals surface area contributed by atoms with Gasteiger partial charge in [-0.3, -0.25) is 0 Å². The quantitative estimate of drug-likeness (QED) is 0.840. The molecular weight excluding hydrogens is 262 g/mol. The Hall–Kier alpha value is -2.00. The average molecular weight is 285 g/mol. The van der Waals surface area contributed by atoms with Crippen LogP contribution in [0.3, 0.4) is 0 Å². The molecule has 3 heteroatoms. The van der Waals surface area contributed by atoms with Crippen molar-refractivity contribution in [3.63, 3.8) is 0 Å².